The molecule has 0 fully saturated rings. The monoisotopic (exact) mass is 376 g/mol. The van der Waals surface area contributed by atoms with E-state index < -0.39 is 6.36 Å². The largest absolute Gasteiger partial charge is 0.573 e. The lowest BCUT2D eigenvalue weighted by Gasteiger charge is -2.12. The minimum Gasteiger partial charge on any atom is -0.406 e. The van der Waals surface area contributed by atoms with Gasteiger partial charge in [-0.25, -0.2) is 0 Å². The van der Waals surface area contributed by atoms with E-state index in [0.29, 0.717) is 17.5 Å². The molecule has 3 rings (SSSR count). The second-order valence-corrected chi connectivity index (χ2v) is 6.38. The zero-order valence-corrected chi connectivity index (χ0v) is 15.1. The molecule has 0 saturated heterocycles. The molecule has 0 spiro atoms. The van der Waals surface area contributed by atoms with E-state index in [1.54, 1.807) is 4.68 Å². The number of benzene rings is 2. The van der Waals surface area contributed by atoms with Gasteiger partial charge in [0.15, 0.2) is 5.82 Å². The maximum Gasteiger partial charge on any atom is 0.573 e. The lowest BCUT2D eigenvalue weighted by Crippen LogP contribution is -2.17. The molecule has 0 amide bonds. The van der Waals surface area contributed by atoms with E-state index in [0.717, 1.165) is 11.1 Å². The molecule has 8 heteroatoms. The average molecular weight is 376 g/mol. The van der Waals surface area contributed by atoms with Crippen LogP contribution in [-0.4, -0.2) is 27.2 Å². The van der Waals surface area contributed by atoms with E-state index in [-0.39, 0.29) is 11.8 Å². The first-order valence-corrected chi connectivity index (χ1v) is 8.38. The second kappa shape index (κ2) is 7.30. The molecule has 0 bridgehead atoms. The van der Waals surface area contributed by atoms with Crippen LogP contribution in [0.2, 0.25) is 0 Å². The highest BCUT2D eigenvalue weighted by atomic mass is 19.4. The van der Waals surface area contributed by atoms with Crippen LogP contribution in [0, 0.1) is 6.92 Å². The molecule has 0 atom stereocenters. The molecule has 142 valence electrons. The summed E-state index contributed by atoms with van der Waals surface area (Å²) in [6.07, 6.45) is -4.72. The Morgan fingerprint density at radius 3 is 2.19 bits per heavy atom. The zero-order chi connectivity index (χ0) is 19.6. The van der Waals surface area contributed by atoms with Gasteiger partial charge in [-0.05, 0) is 45.0 Å². The Bertz CT molecular complexity index is 900. The molecule has 0 saturated carbocycles. The highest BCUT2D eigenvalue weighted by molar-refractivity contribution is 5.58. The second-order valence-electron chi connectivity index (χ2n) is 6.38. The highest BCUT2D eigenvalue weighted by Crippen LogP contribution is 2.26. The van der Waals surface area contributed by atoms with Gasteiger partial charge in [-0.1, -0.05) is 29.8 Å². The molecular weight excluding hydrogens is 357 g/mol. The number of halogens is 3. The maximum absolute atomic E-state index is 12.3. The first-order valence-electron chi connectivity index (χ1n) is 8.38. The van der Waals surface area contributed by atoms with Gasteiger partial charge in [-0.2, -0.15) is 9.67 Å². The van der Waals surface area contributed by atoms with Crippen LogP contribution < -0.4 is 10.1 Å². The fraction of sp³-hybridized carbons (Fsp3) is 0.263. The predicted molar refractivity (Wildman–Crippen MR) is 97.0 cm³/mol. The Morgan fingerprint density at radius 2 is 1.63 bits per heavy atom. The van der Waals surface area contributed by atoms with Crippen molar-refractivity contribution in [2.45, 2.75) is 33.2 Å². The first-order chi connectivity index (χ1) is 12.7. The summed E-state index contributed by atoms with van der Waals surface area (Å²) in [7, 11) is 0. The summed E-state index contributed by atoms with van der Waals surface area (Å²) in [4.78, 5) is 4.54. The van der Waals surface area contributed by atoms with Crippen molar-refractivity contribution in [2.24, 2.45) is 0 Å². The van der Waals surface area contributed by atoms with Crippen molar-refractivity contribution in [1.82, 2.24) is 14.8 Å². The molecule has 27 heavy (non-hydrogen) atoms. The lowest BCUT2D eigenvalue weighted by atomic mass is 10.1. The van der Waals surface area contributed by atoms with Crippen LogP contribution >= 0.6 is 0 Å². The third-order valence-electron chi connectivity index (χ3n) is 3.65. The molecule has 2 aromatic carbocycles. The van der Waals surface area contributed by atoms with Gasteiger partial charge in [0.2, 0.25) is 5.95 Å². The molecule has 0 aliphatic rings. The van der Waals surface area contributed by atoms with E-state index in [1.807, 2.05) is 45.0 Å². The molecule has 1 aromatic heterocycles. The first kappa shape index (κ1) is 18.8. The van der Waals surface area contributed by atoms with E-state index in [2.05, 4.69) is 20.1 Å². The van der Waals surface area contributed by atoms with Crippen LogP contribution in [0.15, 0.2) is 48.5 Å². The van der Waals surface area contributed by atoms with Gasteiger partial charge in [0.25, 0.3) is 0 Å². The SMILES string of the molecule is Cc1ccc(-c2nc(NC(C)C)n(-c3ccc(OC(F)(F)F)cc3)n2)cc1. The minimum atomic E-state index is -4.72. The topological polar surface area (TPSA) is 52.0 Å². The molecule has 0 radical (unpaired) electrons. The van der Waals surface area contributed by atoms with Crippen molar-refractivity contribution in [1.29, 1.82) is 0 Å². The van der Waals surface area contributed by atoms with Crippen LogP contribution in [0.5, 0.6) is 5.75 Å². The van der Waals surface area contributed by atoms with Gasteiger partial charge in [0.1, 0.15) is 5.75 Å². The van der Waals surface area contributed by atoms with Crippen LogP contribution in [-0.2, 0) is 0 Å². The summed E-state index contributed by atoms with van der Waals surface area (Å²) in [5, 5.41) is 7.72. The van der Waals surface area contributed by atoms with Gasteiger partial charge in [0.05, 0.1) is 5.69 Å². The molecule has 1 heterocycles. The number of alkyl halides is 3. The van der Waals surface area contributed by atoms with Crippen molar-refractivity contribution in [3.8, 4) is 22.8 Å². The number of aromatic nitrogens is 3. The maximum atomic E-state index is 12.3. The Labute approximate surface area is 154 Å². The van der Waals surface area contributed by atoms with Gasteiger partial charge in [-0.15, -0.1) is 18.3 Å². The predicted octanol–water partition coefficient (Wildman–Crippen LogP) is 4.96. The van der Waals surface area contributed by atoms with Crippen molar-refractivity contribution >= 4 is 5.95 Å². The number of aryl methyl sites for hydroxylation is 1. The Kier molecular flexibility index (Phi) is 5.07. The third kappa shape index (κ3) is 4.78. The van der Waals surface area contributed by atoms with Crippen molar-refractivity contribution in [2.75, 3.05) is 5.32 Å². The van der Waals surface area contributed by atoms with Crippen molar-refractivity contribution < 1.29 is 17.9 Å². The number of anilines is 1. The standard InChI is InChI=1S/C19H19F3N4O/c1-12(2)23-18-24-17(14-6-4-13(3)5-7-14)25-26(18)15-8-10-16(11-9-15)27-19(20,21)22/h4-12H,1-3H3,(H,23,24,25). The minimum absolute atomic E-state index is 0.103. The number of nitrogens with one attached hydrogen (secondary N) is 1. The molecular formula is C19H19F3N4O. The summed E-state index contributed by atoms with van der Waals surface area (Å²) >= 11 is 0. The Morgan fingerprint density at radius 1 is 1.00 bits per heavy atom. The van der Waals surface area contributed by atoms with Gasteiger partial charge in [0, 0.05) is 11.6 Å². The number of rotatable bonds is 5. The summed E-state index contributed by atoms with van der Waals surface area (Å²) in [6.45, 7) is 5.92. The fourth-order valence-corrected chi connectivity index (χ4v) is 2.46. The van der Waals surface area contributed by atoms with Gasteiger partial charge < -0.3 is 10.1 Å². The van der Waals surface area contributed by atoms with Crippen molar-refractivity contribution in [3.63, 3.8) is 0 Å². The molecule has 0 aliphatic heterocycles. The number of hydrogen-bond donors (Lipinski definition) is 1. The number of ether oxygens (including phenoxy) is 1. The Balaban J connectivity index is 1.96. The van der Waals surface area contributed by atoms with Gasteiger partial charge in [-0.3, -0.25) is 0 Å². The van der Waals surface area contributed by atoms with E-state index in [4.69, 9.17) is 0 Å². The Hall–Kier alpha value is -3.03. The zero-order valence-electron chi connectivity index (χ0n) is 15.1. The molecule has 0 unspecified atom stereocenters. The van der Waals surface area contributed by atoms with Gasteiger partial charge >= 0.3 is 6.36 Å². The van der Waals surface area contributed by atoms with Crippen LogP contribution in [0.25, 0.3) is 17.1 Å². The smallest absolute Gasteiger partial charge is 0.406 e. The quantitative estimate of drug-likeness (QED) is 0.684. The van der Waals surface area contributed by atoms with Crippen molar-refractivity contribution in [3.05, 3.63) is 54.1 Å². The summed E-state index contributed by atoms with van der Waals surface area (Å²) in [5.41, 5.74) is 2.54. The third-order valence-corrected chi connectivity index (χ3v) is 3.65. The number of hydrogen-bond acceptors (Lipinski definition) is 4. The van der Waals surface area contributed by atoms with E-state index >= 15 is 0 Å². The summed E-state index contributed by atoms with van der Waals surface area (Å²) < 4.78 is 42.5. The van der Waals surface area contributed by atoms with E-state index in [9.17, 15) is 13.2 Å². The van der Waals surface area contributed by atoms with Crippen LogP contribution in [0.1, 0.15) is 19.4 Å². The van der Waals surface area contributed by atoms with E-state index in [1.165, 1.54) is 24.3 Å². The lowest BCUT2D eigenvalue weighted by molar-refractivity contribution is -0.274. The average Bonchev–Trinajstić information content (AvgIpc) is 2.98. The number of nitrogens with zero attached hydrogens (tertiary/aromatic N) is 3. The summed E-state index contributed by atoms with van der Waals surface area (Å²) in [5.74, 6) is 0.738. The van der Waals surface area contributed by atoms with Crippen LogP contribution in [0.3, 0.4) is 0 Å². The molecule has 0 aliphatic carbocycles. The molecule has 1 N–H and O–H groups in total. The normalized spacial score (nSPS) is 11.7. The fourth-order valence-electron chi connectivity index (χ4n) is 2.46. The molecule has 5 nitrogen and oxygen atoms in total. The summed E-state index contributed by atoms with van der Waals surface area (Å²) in [6, 6.07) is 13.4. The molecule has 3 aromatic rings. The van der Waals surface area contributed by atoms with Crippen LogP contribution in [0.4, 0.5) is 19.1 Å². The highest BCUT2D eigenvalue weighted by Gasteiger charge is 2.31.